The van der Waals surface area contributed by atoms with Gasteiger partial charge in [0.2, 0.25) is 0 Å². The first kappa shape index (κ1) is 11.5. The molecule has 0 amide bonds. The summed E-state index contributed by atoms with van der Waals surface area (Å²) in [6.45, 7) is 4.93. The van der Waals surface area contributed by atoms with Gasteiger partial charge in [-0.1, -0.05) is 26.0 Å². The predicted molar refractivity (Wildman–Crippen MR) is 60.9 cm³/mol. The summed E-state index contributed by atoms with van der Waals surface area (Å²) >= 11 is 0. The molecule has 2 rings (SSSR count). The zero-order chi connectivity index (χ0) is 11.3. The first-order valence-corrected chi connectivity index (χ1v) is 5.11. The number of nitrogens with two attached hydrogens (primary N) is 1. The van der Waals surface area contributed by atoms with Crippen LogP contribution in [0.5, 0.6) is 0 Å². The molecule has 0 aliphatic carbocycles. The lowest BCUT2D eigenvalue weighted by atomic mass is 10.3. The summed E-state index contributed by atoms with van der Waals surface area (Å²) < 4.78 is 6.54. The number of nitrogens with zero attached hydrogens (tertiary/aromatic N) is 1. The Labute approximate surface area is 88.3 Å². The molecule has 0 aliphatic heterocycles. The molecule has 1 heterocycles. The van der Waals surface area contributed by atoms with Crippen LogP contribution in [0.2, 0.25) is 0 Å². The summed E-state index contributed by atoms with van der Waals surface area (Å²) in [5.41, 5.74) is 6.79. The van der Waals surface area contributed by atoms with Gasteiger partial charge in [-0.3, -0.25) is 4.57 Å². The highest BCUT2D eigenvalue weighted by atomic mass is 16.4. The van der Waals surface area contributed by atoms with Gasteiger partial charge in [-0.2, -0.15) is 0 Å². The number of benzene rings is 1. The minimum Gasteiger partial charge on any atom is -0.408 e. The minimum absolute atomic E-state index is 0.341. The third-order valence-corrected chi connectivity index (χ3v) is 1.93. The van der Waals surface area contributed by atoms with Crippen molar-refractivity contribution in [2.24, 2.45) is 5.73 Å². The van der Waals surface area contributed by atoms with Gasteiger partial charge in [0.25, 0.3) is 0 Å². The number of oxazole rings is 1. The van der Waals surface area contributed by atoms with Crippen molar-refractivity contribution in [3.63, 3.8) is 0 Å². The summed E-state index contributed by atoms with van der Waals surface area (Å²) in [6.07, 6.45) is 0. The molecule has 4 heteroatoms. The van der Waals surface area contributed by atoms with Crippen molar-refractivity contribution in [3.8, 4) is 0 Å². The van der Waals surface area contributed by atoms with Gasteiger partial charge in [0.1, 0.15) is 0 Å². The fourth-order valence-electron chi connectivity index (χ4n) is 1.35. The fraction of sp³-hybridized carbons (Fsp3) is 0.364. The van der Waals surface area contributed by atoms with Crippen molar-refractivity contribution >= 4 is 11.1 Å². The van der Waals surface area contributed by atoms with Gasteiger partial charge < -0.3 is 10.2 Å². The molecule has 1 aromatic carbocycles. The molecule has 2 aromatic rings. The molecule has 15 heavy (non-hydrogen) atoms. The maximum atomic E-state index is 11.3. The SMILES string of the molecule is CC.NCCn1c(=O)oc2ccccc21. The molecule has 0 spiro atoms. The Hall–Kier alpha value is -1.55. The smallest absolute Gasteiger partial charge is 0.408 e. The van der Waals surface area contributed by atoms with E-state index in [1.165, 1.54) is 4.57 Å². The maximum Gasteiger partial charge on any atom is 0.419 e. The molecule has 0 unspecified atom stereocenters. The first-order valence-electron chi connectivity index (χ1n) is 5.11. The number of para-hydroxylation sites is 2. The number of rotatable bonds is 2. The van der Waals surface area contributed by atoms with Crippen molar-refractivity contribution in [2.45, 2.75) is 20.4 Å². The van der Waals surface area contributed by atoms with Gasteiger partial charge in [-0.25, -0.2) is 4.79 Å². The Kier molecular flexibility index (Phi) is 4.12. The number of hydrogen-bond acceptors (Lipinski definition) is 3. The quantitative estimate of drug-likeness (QED) is 0.815. The Morgan fingerprint density at radius 2 is 2.00 bits per heavy atom. The minimum atomic E-state index is -0.341. The molecule has 4 nitrogen and oxygen atoms in total. The topological polar surface area (TPSA) is 61.2 Å². The summed E-state index contributed by atoms with van der Waals surface area (Å²) in [4.78, 5) is 11.3. The molecule has 0 bridgehead atoms. The highest BCUT2D eigenvalue weighted by Gasteiger charge is 2.05. The van der Waals surface area contributed by atoms with Gasteiger partial charge in [-0.05, 0) is 12.1 Å². The van der Waals surface area contributed by atoms with Crippen LogP contribution in [0.3, 0.4) is 0 Å². The van der Waals surface area contributed by atoms with E-state index in [0.29, 0.717) is 18.7 Å². The highest BCUT2D eigenvalue weighted by Crippen LogP contribution is 2.10. The molecule has 0 fully saturated rings. The van der Waals surface area contributed by atoms with E-state index in [0.717, 1.165) is 5.52 Å². The molecular weight excluding hydrogens is 192 g/mol. The zero-order valence-electron chi connectivity index (χ0n) is 9.06. The van der Waals surface area contributed by atoms with Crippen LogP contribution in [0.25, 0.3) is 11.1 Å². The van der Waals surface area contributed by atoms with Crippen molar-refractivity contribution in [3.05, 3.63) is 34.8 Å². The molecule has 1 aromatic heterocycles. The lowest BCUT2D eigenvalue weighted by Gasteiger charge is -1.96. The lowest BCUT2D eigenvalue weighted by Crippen LogP contribution is -2.19. The molecule has 2 N–H and O–H groups in total. The van der Waals surface area contributed by atoms with Gasteiger partial charge >= 0.3 is 5.76 Å². The molecule has 0 radical (unpaired) electrons. The second-order valence-corrected chi connectivity index (χ2v) is 2.78. The highest BCUT2D eigenvalue weighted by molar-refractivity contribution is 5.72. The van der Waals surface area contributed by atoms with Crippen LogP contribution in [-0.2, 0) is 6.54 Å². The van der Waals surface area contributed by atoms with Crippen LogP contribution in [-0.4, -0.2) is 11.1 Å². The van der Waals surface area contributed by atoms with Crippen LogP contribution >= 0.6 is 0 Å². The monoisotopic (exact) mass is 208 g/mol. The Morgan fingerprint density at radius 3 is 2.67 bits per heavy atom. The second kappa shape index (κ2) is 5.36. The van der Waals surface area contributed by atoms with E-state index in [9.17, 15) is 4.79 Å². The largest absolute Gasteiger partial charge is 0.419 e. The van der Waals surface area contributed by atoms with E-state index in [1.807, 2.05) is 32.0 Å². The molecule has 0 aliphatic rings. The standard InChI is InChI=1S/C9H10N2O2.C2H6/c10-5-6-11-7-3-1-2-4-8(7)13-9(11)12;1-2/h1-4H,5-6,10H2;1-2H3. The third kappa shape index (κ3) is 2.27. The second-order valence-electron chi connectivity index (χ2n) is 2.78. The van der Waals surface area contributed by atoms with E-state index in [1.54, 1.807) is 6.07 Å². The van der Waals surface area contributed by atoms with E-state index < -0.39 is 0 Å². The van der Waals surface area contributed by atoms with Crippen molar-refractivity contribution in [1.29, 1.82) is 0 Å². The number of aromatic nitrogens is 1. The van der Waals surface area contributed by atoms with Gasteiger partial charge in [0, 0.05) is 13.1 Å². The fourth-order valence-corrected chi connectivity index (χ4v) is 1.35. The third-order valence-electron chi connectivity index (χ3n) is 1.93. The van der Waals surface area contributed by atoms with Crippen LogP contribution in [0.4, 0.5) is 0 Å². The van der Waals surface area contributed by atoms with Crippen molar-refractivity contribution in [2.75, 3.05) is 6.54 Å². The normalized spacial score (nSPS) is 9.80. The zero-order valence-corrected chi connectivity index (χ0v) is 9.06. The summed E-state index contributed by atoms with van der Waals surface area (Å²) in [6, 6.07) is 7.31. The van der Waals surface area contributed by atoms with Gasteiger partial charge in [0.15, 0.2) is 5.58 Å². The molecular formula is C11H16N2O2. The van der Waals surface area contributed by atoms with Crippen LogP contribution in [0, 0.1) is 0 Å². The average molecular weight is 208 g/mol. The van der Waals surface area contributed by atoms with Crippen LogP contribution < -0.4 is 11.5 Å². The molecule has 0 atom stereocenters. The number of fused-ring (bicyclic) bond motifs is 1. The van der Waals surface area contributed by atoms with E-state index >= 15 is 0 Å². The Bertz CT molecular complexity index is 471. The molecule has 0 saturated carbocycles. The summed E-state index contributed by atoms with van der Waals surface area (Å²) in [5, 5.41) is 0. The Balaban J connectivity index is 0.000000531. The average Bonchev–Trinajstić information content (AvgIpc) is 2.59. The van der Waals surface area contributed by atoms with Crippen molar-refractivity contribution in [1.82, 2.24) is 4.57 Å². The van der Waals surface area contributed by atoms with E-state index in [4.69, 9.17) is 10.2 Å². The first-order chi connectivity index (χ1) is 7.33. The molecule has 82 valence electrons. The molecule has 0 saturated heterocycles. The lowest BCUT2D eigenvalue weighted by molar-refractivity contribution is 0.507. The maximum absolute atomic E-state index is 11.3. The van der Waals surface area contributed by atoms with Gasteiger partial charge in [-0.15, -0.1) is 0 Å². The van der Waals surface area contributed by atoms with E-state index in [2.05, 4.69) is 0 Å². The summed E-state index contributed by atoms with van der Waals surface area (Å²) in [7, 11) is 0. The summed E-state index contributed by atoms with van der Waals surface area (Å²) in [5.74, 6) is -0.341. The van der Waals surface area contributed by atoms with Crippen LogP contribution in [0.1, 0.15) is 13.8 Å². The predicted octanol–water partition coefficient (Wildman–Crippen LogP) is 1.58. The van der Waals surface area contributed by atoms with E-state index in [-0.39, 0.29) is 5.76 Å². The Morgan fingerprint density at radius 1 is 1.33 bits per heavy atom. The van der Waals surface area contributed by atoms with Gasteiger partial charge in [0.05, 0.1) is 5.52 Å². The number of hydrogen-bond donors (Lipinski definition) is 1. The van der Waals surface area contributed by atoms with Crippen molar-refractivity contribution < 1.29 is 4.42 Å². The van der Waals surface area contributed by atoms with Crippen LogP contribution in [0.15, 0.2) is 33.5 Å².